The molecule has 6 N–H and O–H groups in total. The minimum absolute atomic E-state index is 0.131. The molecule has 0 radical (unpaired) electrons. The van der Waals surface area contributed by atoms with E-state index in [1.54, 1.807) is 19.2 Å². The van der Waals surface area contributed by atoms with Crippen LogP contribution in [0.4, 0.5) is 13.2 Å². The molecule has 2 atom stereocenters. The molecule has 36 heavy (non-hydrogen) atoms. The maximum Gasteiger partial charge on any atom is 0.262 e. The highest BCUT2D eigenvalue weighted by atomic mass is 19.3. The van der Waals surface area contributed by atoms with E-state index in [4.69, 9.17) is 11.6 Å². The van der Waals surface area contributed by atoms with Crippen LogP contribution in [0.5, 0.6) is 0 Å². The first-order valence-corrected chi connectivity index (χ1v) is 11.6. The highest BCUT2D eigenvalue weighted by Crippen LogP contribution is 2.27. The predicted molar refractivity (Wildman–Crippen MR) is 130 cm³/mol. The summed E-state index contributed by atoms with van der Waals surface area (Å²) in [6.45, 7) is 4.29. The number of aromatic nitrogens is 2. The molecule has 0 saturated carbocycles. The maximum absolute atomic E-state index is 13.8. The third-order valence-electron chi connectivity index (χ3n) is 5.62. The molecule has 0 aliphatic carbocycles. The van der Waals surface area contributed by atoms with Gasteiger partial charge < -0.3 is 21.4 Å². The quantitative estimate of drug-likeness (QED) is 0.320. The molecule has 0 spiro atoms. The van der Waals surface area contributed by atoms with Crippen LogP contribution in [0.2, 0.25) is 0 Å². The standard InChI is InChI=1S/C22H27F3N4O2.C2H7N3/c1-13(2)11-19(30)29-10-4-5-16(29)22(31)26-20(21(24)25)15-8-6-14(7-9-15)17-12-18(23)27-28(17)3;3-1-2-5-4/h6-9,12-13,16,20-21H,4-5,10-11H2,1-3H3,(H,26,31);1-2,5H,3-4H2/b;2-1-. The van der Waals surface area contributed by atoms with Crippen molar-refractivity contribution in [1.29, 1.82) is 0 Å². The summed E-state index contributed by atoms with van der Waals surface area (Å²) >= 11 is 0. The number of benzene rings is 1. The zero-order valence-corrected chi connectivity index (χ0v) is 20.6. The van der Waals surface area contributed by atoms with E-state index in [-0.39, 0.29) is 17.4 Å². The lowest BCUT2D eigenvalue weighted by Gasteiger charge is -2.27. The molecule has 0 bridgehead atoms. The summed E-state index contributed by atoms with van der Waals surface area (Å²) in [5.41, 5.74) is 8.38. The van der Waals surface area contributed by atoms with Crippen molar-refractivity contribution in [3.8, 4) is 11.3 Å². The highest BCUT2D eigenvalue weighted by Gasteiger charge is 2.36. The van der Waals surface area contributed by atoms with E-state index in [2.05, 4.69) is 15.8 Å². The zero-order valence-electron chi connectivity index (χ0n) is 20.6. The summed E-state index contributed by atoms with van der Waals surface area (Å²) in [4.78, 5) is 26.7. The smallest absolute Gasteiger partial charge is 0.262 e. The van der Waals surface area contributed by atoms with E-state index in [0.29, 0.717) is 37.1 Å². The Bertz CT molecular complexity index is 1030. The molecular formula is C24H34F3N7O2. The van der Waals surface area contributed by atoms with Gasteiger partial charge >= 0.3 is 0 Å². The summed E-state index contributed by atoms with van der Waals surface area (Å²) in [7, 11) is 1.59. The van der Waals surface area contributed by atoms with Gasteiger partial charge in [-0.2, -0.15) is 4.39 Å². The number of aryl methyl sites for hydroxylation is 1. The summed E-state index contributed by atoms with van der Waals surface area (Å²) in [5.74, 6) is 3.54. The van der Waals surface area contributed by atoms with Crippen molar-refractivity contribution < 1.29 is 22.8 Å². The monoisotopic (exact) mass is 509 g/mol. The Morgan fingerprint density at radius 2 is 1.92 bits per heavy atom. The van der Waals surface area contributed by atoms with Crippen molar-refractivity contribution in [1.82, 2.24) is 25.4 Å². The SMILES string of the molecule is CC(C)CC(=O)N1CCCC1C(=O)NC(c1ccc(-c2cc(F)nn2C)cc1)C(F)F.N/C=C\NN. The van der Waals surface area contributed by atoms with E-state index in [0.717, 1.165) is 0 Å². The van der Waals surface area contributed by atoms with Gasteiger partial charge in [-0.25, -0.2) is 8.78 Å². The largest absolute Gasteiger partial charge is 0.403 e. The number of nitrogens with two attached hydrogens (primary N) is 2. The number of rotatable bonds is 8. The molecule has 1 aliphatic heterocycles. The first kappa shape index (κ1) is 28.7. The molecule has 1 fully saturated rings. The Balaban J connectivity index is 0.000000830. The fraction of sp³-hybridized carbons (Fsp3) is 0.458. The number of likely N-dealkylation sites (tertiary alicyclic amines) is 1. The fourth-order valence-corrected chi connectivity index (χ4v) is 3.96. The Hall–Kier alpha value is -3.54. The molecule has 9 nitrogen and oxygen atoms in total. The first-order chi connectivity index (χ1) is 17.1. The van der Waals surface area contributed by atoms with Crippen molar-refractivity contribution >= 4 is 11.8 Å². The van der Waals surface area contributed by atoms with E-state index in [1.165, 1.54) is 40.2 Å². The van der Waals surface area contributed by atoms with Crippen molar-refractivity contribution in [3.63, 3.8) is 0 Å². The summed E-state index contributed by atoms with van der Waals surface area (Å²) in [5, 5.41) is 6.06. The van der Waals surface area contributed by atoms with E-state index in [1.807, 2.05) is 13.8 Å². The van der Waals surface area contributed by atoms with Crippen LogP contribution in [0.3, 0.4) is 0 Å². The number of amides is 2. The van der Waals surface area contributed by atoms with Crippen LogP contribution in [0.25, 0.3) is 11.3 Å². The van der Waals surface area contributed by atoms with Crippen molar-refractivity contribution in [2.75, 3.05) is 6.54 Å². The van der Waals surface area contributed by atoms with Gasteiger partial charge in [0.2, 0.25) is 17.8 Å². The van der Waals surface area contributed by atoms with Gasteiger partial charge in [0.05, 0.1) is 5.69 Å². The van der Waals surface area contributed by atoms with Crippen molar-refractivity contribution in [2.24, 2.45) is 24.5 Å². The molecule has 1 saturated heterocycles. The van der Waals surface area contributed by atoms with Crippen LogP contribution in [0.1, 0.15) is 44.7 Å². The van der Waals surface area contributed by atoms with Crippen LogP contribution >= 0.6 is 0 Å². The van der Waals surface area contributed by atoms with Gasteiger partial charge in [0.1, 0.15) is 12.1 Å². The second kappa shape index (κ2) is 13.5. The maximum atomic E-state index is 13.8. The summed E-state index contributed by atoms with van der Waals surface area (Å²) < 4.78 is 42.3. The molecule has 198 valence electrons. The molecule has 2 amide bonds. The van der Waals surface area contributed by atoms with Crippen LogP contribution in [-0.4, -0.2) is 45.5 Å². The molecule has 12 heteroatoms. The molecule has 2 unspecified atom stereocenters. The molecular weight excluding hydrogens is 475 g/mol. The van der Waals surface area contributed by atoms with E-state index >= 15 is 0 Å². The number of alkyl halides is 2. The normalized spacial score (nSPS) is 16.2. The lowest BCUT2D eigenvalue weighted by Crippen LogP contribution is -2.48. The van der Waals surface area contributed by atoms with Crippen LogP contribution in [-0.2, 0) is 16.6 Å². The second-order valence-corrected chi connectivity index (χ2v) is 8.79. The van der Waals surface area contributed by atoms with Gasteiger partial charge in [-0.1, -0.05) is 38.1 Å². The van der Waals surface area contributed by atoms with Crippen LogP contribution in [0.15, 0.2) is 42.7 Å². The van der Waals surface area contributed by atoms with E-state index < -0.39 is 30.4 Å². The average molecular weight is 510 g/mol. The van der Waals surface area contributed by atoms with Gasteiger partial charge in [-0.05, 0) is 29.9 Å². The van der Waals surface area contributed by atoms with Crippen LogP contribution in [0, 0.1) is 11.9 Å². The van der Waals surface area contributed by atoms with Gasteiger partial charge in [0, 0.05) is 38.5 Å². The van der Waals surface area contributed by atoms with E-state index in [9.17, 15) is 22.8 Å². The number of nitrogens with one attached hydrogen (secondary N) is 2. The Morgan fingerprint density at radius 1 is 1.25 bits per heavy atom. The highest BCUT2D eigenvalue weighted by molar-refractivity contribution is 5.88. The minimum atomic E-state index is -2.83. The number of carbonyl (C=O) groups is 2. The molecule has 2 aromatic rings. The first-order valence-electron chi connectivity index (χ1n) is 11.6. The molecule has 1 aromatic carbocycles. The summed E-state index contributed by atoms with van der Waals surface area (Å²) in [6, 6.07) is 5.14. The number of hydrazine groups is 1. The zero-order chi connectivity index (χ0) is 26.8. The number of halogens is 3. The van der Waals surface area contributed by atoms with Crippen LogP contribution < -0.4 is 22.3 Å². The fourth-order valence-electron chi connectivity index (χ4n) is 3.96. The number of carbonyl (C=O) groups excluding carboxylic acids is 2. The Morgan fingerprint density at radius 3 is 2.39 bits per heavy atom. The third kappa shape index (κ3) is 7.74. The molecule has 1 aromatic heterocycles. The van der Waals surface area contributed by atoms with Crippen molar-refractivity contribution in [2.45, 2.75) is 51.6 Å². The number of hydrogen-bond donors (Lipinski definition) is 4. The summed E-state index contributed by atoms with van der Waals surface area (Å²) in [6.07, 6.45) is 1.36. The Labute approximate surface area is 208 Å². The van der Waals surface area contributed by atoms with Gasteiger partial charge in [-0.15, -0.1) is 5.10 Å². The minimum Gasteiger partial charge on any atom is -0.403 e. The van der Waals surface area contributed by atoms with Crippen molar-refractivity contribution in [3.05, 3.63) is 54.2 Å². The molecule has 1 aliphatic rings. The number of nitrogens with zero attached hydrogens (tertiary/aromatic N) is 3. The van der Waals surface area contributed by atoms with Gasteiger partial charge in [0.15, 0.2) is 0 Å². The molecule has 2 heterocycles. The third-order valence-corrected chi connectivity index (χ3v) is 5.62. The lowest BCUT2D eigenvalue weighted by molar-refractivity contribution is -0.139. The Kier molecular flexibility index (Phi) is 10.8. The van der Waals surface area contributed by atoms with Gasteiger partial charge in [-0.3, -0.25) is 20.1 Å². The molecule has 3 rings (SSSR count). The second-order valence-electron chi connectivity index (χ2n) is 8.79. The number of hydrogen-bond acceptors (Lipinski definition) is 6. The predicted octanol–water partition coefficient (Wildman–Crippen LogP) is 2.57. The van der Waals surface area contributed by atoms with Gasteiger partial charge in [0.25, 0.3) is 6.43 Å². The average Bonchev–Trinajstić information content (AvgIpc) is 3.44. The topological polar surface area (TPSA) is 131 Å². The lowest BCUT2D eigenvalue weighted by atomic mass is 10.0.